The smallest absolute Gasteiger partial charge is 0.317 e. The molecule has 2 heterocycles. The van der Waals surface area contributed by atoms with Crippen molar-refractivity contribution in [2.75, 3.05) is 26.7 Å². The SMILES string of the molecule is CC(NC(=O)N1CCC2(CCC(=O)N(C)C2)CC1)c1ccccc1. The van der Waals surface area contributed by atoms with E-state index < -0.39 is 0 Å². The van der Waals surface area contributed by atoms with Crippen molar-refractivity contribution in [3.05, 3.63) is 35.9 Å². The van der Waals surface area contributed by atoms with Gasteiger partial charge in [-0.3, -0.25) is 4.79 Å². The van der Waals surface area contributed by atoms with E-state index in [1.807, 2.05) is 54.1 Å². The normalized spacial score (nSPS) is 21.7. The zero-order chi connectivity index (χ0) is 17.2. The number of rotatable bonds is 2. The van der Waals surface area contributed by atoms with Crippen molar-refractivity contribution in [3.8, 4) is 0 Å². The molecule has 2 saturated heterocycles. The number of carbonyl (C=O) groups is 2. The molecule has 0 bridgehead atoms. The van der Waals surface area contributed by atoms with E-state index in [1.54, 1.807) is 0 Å². The highest BCUT2D eigenvalue weighted by molar-refractivity contribution is 5.77. The lowest BCUT2D eigenvalue weighted by atomic mass is 9.72. The maximum absolute atomic E-state index is 12.5. The molecule has 1 spiro atoms. The Labute approximate surface area is 144 Å². The maximum atomic E-state index is 12.5. The van der Waals surface area contributed by atoms with E-state index in [0.717, 1.165) is 44.5 Å². The Morgan fingerprint density at radius 2 is 1.83 bits per heavy atom. The number of nitrogens with zero attached hydrogens (tertiary/aromatic N) is 2. The van der Waals surface area contributed by atoms with E-state index in [-0.39, 0.29) is 23.4 Å². The van der Waals surface area contributed by atoms with Crippen molar-refractivity contribution >= 4 is 11.9 Å². The van der Waals surface area contributed by atoms with Crippen LogP contribution in [0, 0.1) is 5.41 Å². The van der Waals surface area contributed by atoms with Crippen molar-refractivity contribution in [2.45, 2.75) is 38.6 Å². The summed E-state index contributed by atoms with van der Waals surface area (Å²) in [6, 6.07) is 10.0. The lowest BCUT2D eigenvalue weighted by Crippen LogP contribution is -2.53. The Hall–Kier alpha value is -2.04. The molecular formula is C19H27N3O2. The van der Waals surface area contributed by atoms with Gasteiger partial charge in [0.25, 0.3) is 0 Å². The number of carbonyl (C=O) groups excluding carboxylic acids is 2. The fourth-order valence-corrected chi connectivity index (χ4v) is 3.93. The van der Waals surface area contributed by atoms with Gasteiger partial charge in [0.15, 0.2) is 0 Å². The number of piperidine rings is 2. The van der Waals surface area contributed by atoms with Crippen molar-refractivity contribution in [2.24, 2.45) is 5.41 Å². The highest BCUT2D eigenvalue weighted by Gasteiger charge is 2.40. The van der Waals surface area contributed by atoms with Crippen molar-refractivity contribution < 1.29 is 9.59 Å². The van der Waals surface area contributed by atoms with Crippen molar-refractivity contribution in [3.63, 3.8) is 0 Å². The summed E-state index contributed by atoms with van der Waals surface area (Å²) in [4.78, 5) is 28.0. The van der Waals surface area contributed by atoms with Crippen LogP contribution in [0.5, 0.6) is 0 Å². The molecular weight excluding hydrogens is 302 g/mol. The zero-order valence-electron chi connectivity index (χ0n) is 14.6. The van der Waals surface area contributed by atoms with Gasteiger partial charge in [-0.25, -0.2) is 4.79 Å². The molecule has 0 aromatic heterocycles. The van der Waals surface area contributed by atoms with Gasteiger partial charge in [0.05, 0.1) is 6.04 Å². The number of nitrogens with one attached hydrogen (secondary N) is 1. The molecule has 3 amide bonds. The highest BCUT2D eigenvalue weighted by atomic mass is 16.2. The van der Waals surface area contributed by atoms with Gasteiger partial charge in [0.1, 0.15) is 0 Å². The lowest BCUT2D eigenvalue weighted by molar-refractivity contribution is -0.137. The number of hydrogen-bond donors (Lipinski definition) is 1. The summed E-state index contributed by atoms with van der Waals surface area (Å²) in [5, 5.41) is 3.10. The third-order valence-electron chi connectivity index (χ3n) is 5.62. The summed E-state index contributed by atoms with van der Waals surface area (Å²) in [5.74, 6) is 0.248. The van der Waals surface area contributed by atoms with Crippen LogP contribution in [0.25, 0.3) is 0 Å². The number of benzene rings is 1. The van der Waals surface area contributed by atoms with Crippen LogP contribution in [0.4, 0.5) is 4.79 Å². The van der Waals surface area contributed by atoms with Gasteiger partial charge in [-0.05, 0) is 37.2 Å². The molecule has 2 aliphatic heterocycles. The van der Waals surface area contributed by atoms with E-state index in [2.05, 4.69) is 5.32 Å². The Bertz CT molecular complexity index is 594. The van der Waals surface area contributed by atoms with Crippen molar-refractivity contribution in [1.29, 1.82) is 0 Å². The Kier molecular flexibility index (Phi) is 4.78. The van der Waals surface area contributed by atoms with E-state index in [0.29, 0.717) is 6.42 Å². The van der Waals surface area contributed by atoms with Gasteiger partial charge >= 0.3 is 6.03 Å². The highest BCUT2D eigenvalue weighted by Crippen LogP contribution is 2.39. The van der Waals surface area contributed by atoms with Gasteiger partial charge in [-0.2, -0.15) is 0 Å². The van der Waals surface area contributed by atoms with Crippen LogP contribution < -0.4 is 5.32 Å². The minimum absolute atomic E-state index is 0.00743. The van der Waals surface area contributed by atoms with Crippen LogP contribution in [0.1, 0.15) is 44.2 Å². The number of hydrogen-bond acceptors (Lipinski definition) is 2. The second-order valence-electron chi connectivity index (χ2n) is 7.32. The molecule has 5 nitrogen and oxygen atoms in total. The van der Waals surface area contributed by atoms with Gasteiger partial charge in [0.2, 0.25) is 5.91 Å². The number of amides is 3. The molecule has 1 N–H and O–H groups in total. The summed E-state index contributed by atoms with van der Waals surface area (Å²) in [6.45, 7) is 4.40. The van der Waals surface area contributed by atoms with Crippen LogP contribution in [0.3, 0.4) is 0 Å². The first kappa shape index (κ1) is 16.8. The van der Waals surface area contributed by atoms with Crippen molar-refractivity contribution in [1.82, 2.24) is 15.1 Å². The average molecular weight is 329 g/mol. The van der Waals surface area contributed by atoms with Crippen LogP contribution in [0.2, 0.25) is 0 Å². The molecule has 1 atom stereocenters. The topological polar surface area (TPSA) is 52.7 Å². The second-order valence-corrected chi connectivity index (χ2v) is 7.32. The van der Waals surface area contributed by atoms with E-state index in [1.165, 1.54) is 0 Å². The Balaban J connectivity index is 1.53. The van der Waals surface area contributed by atoms with Crippen LogP contribution in [-0.2, 0) is 4.79 Å². The second kappa shape index (κ2) is 6.83. The fourth-order valence-electron chi connectivity index (χ4n) is 3.93. The summed E-state index contributed by atoms with van der Waals surface area (Å²) >= 11 is 0. The quantitative estimate of drug-likeness (QED) is 0.907. The van der Waals surface area contributed by atoms with Crippen LogP contribution >= 0.6 is 0 Å². The average Bonchev–Trinajstić information content (AvgIpc) is 2.60. The van der Waals surface area contributed by atoms with Crippen LogP contribution in [-0.4, -0.2) is 48.4 Å². The largest absolute Gasteiger partial charge is 0.345 e. The molecule has 5 heteroatoms. The van der Waals surface area contributed by atoms with Gasteiger partial charge in [-0.1, -0.05) is 30.3 Å². The molecule has 2 fully saturated rings. The molecule has 1 aromatic rings. The van der Waals surface area contributed by atoms with Gasteiger partial charge in [-0.15, -0.1) is 0 Å². The van der Waals surface area contributed by atoms with Gasteiger partial charge < -0.3 is 15.1 Å². The van der Waals surface area contributed by atoms with E-state index in [9.17, 15) is 9.59 Å². The number of urea groups is 1. The molecule has 3 rings (SSSR count). The molecule has 130 valence electrons. The molecule has 0 aliphatic carbocycles. The lowest BCUT2D eigenvalue weighted by Gasteiger charge is -2.46. The Morgan fingerprint density at radius 3 is 2.46 bits per heavy atom. The van der Waals surface area contributed by atoms with E-state index >= 15 is 0 Å². The first-order valence-corrected chi connectivity index (χ1v) is 8.83. The molecule has 24 heavy (non-hydrogen) atoms. The summed E-state index contributed by atoms with van der Waals surface area (Å²) in [7, 11) is 1.89. The molecule has 1 unspecified atom stereocenters. The van der Waals surface area contributed by atoms with E-state index in [4.69, 9.17) is 0 Å². The minimum atomic E-state index is 0.00743. The first-order valence-electron chi connectivity index (χ1n) is 8.83. The summed E-state index contributed by atoms with van der Waals surface area (Å²) in [5.41, 5.74) is 1.33. The maximum Gasteiger partial charge on any atom is 0.317 e. The molecule has 0 saturated carbocycles. The Morgan fingerprint density at radius 1 is 1.17 bits per heavy atom. The third kappa shape index (κ3) is 3.55. The standard InChI is InChI=1S/C19H27N3O2/c1-15(16-6-4-3-5-7-16)20-18(24)22-12-10-19(11-13-22)9-8-17(23)21(2)14-19/h3-7,15H,8-14H2,1-2H3,(H,20,24). The summed E-state index contributed by atoms with van der Waals surface area (Å²) in [6.07, 6.45) is 3.58. The first-order chi connectivity index (χ1) is 11.5. The minimum Gasteiger partial charge on any atom is -0.345 e. The monoisotopic (exact) mass is 329 g/mol. The summed E-state index contributed by atoms with van der Waals surface area (Å²) < 4.78 is 0. The molecule has 1 aromatic carbocycles. The predicted molar refractivity (Wildman–Crippen MR) is 93.5 cm³/mol. The van der Waals surface area contributed by atoms with Crippen LogP contribution in [0.15, 0.2) is 30.3 Å². The number of likely N-dealkylation sites (tertiary alicyclic amines) is 2. The molecule has 2 aliphatic rings. The fraction of sp³-hybridized carbons (Fsp3) is 0.579. The predicted octanol–water partition coefficient (Wildman–Crippen LogP) is 2.79. The van der Waals surface area contributed by atoms with Gasteiger partial charge in [0, 0.05) is 33.1 Å². The zero-order valence-corrected chi connectivity index (χ0v) is 14.6. The molecule has 0 radical (unpaired) electrons. The third-order valence-corrected chi connectivity index (χ3v) is 5.62.